The molecule has 1 amide bonds. The standard InChI is InChI=1S/C25H34FN3O4Si/c1-7-29(20-8-9-21(26)23(14-20)32-3)25(30)18-12-19(15-31-2)24-22(13-18)28(16-27-24)17-33-10-11-34(4,5)6/h8-9,12-14,16H,7,10-11,15,17H2,1-6H3. The number of rotatable bonds is 11. The highest BCUT2D eigenvalue weighted by molar-refractivity contribution is 6.76. The van der Waals surface area contributed by atoms with Crippen LogP contribution in [0.2, 0.25) is 25.7 Å². The minimum atomic E-state index is -1.19. The van der Waals surface area contributed by atoms with Crippen LogP contribution >= 0.6 is 0 Å². The van der Waals surface area contributed by atoms with Crippen molar-refractivity contribution < 1.29 is 23.4 Å². The third-order valence-electron chi connectivity index (χ3n) is 5.59. The number of anilines is 1. The number of halogens is 1. The first kappa shape index (κ1) is 25.9. The molecular weight excluding hydrogens is 453 g/mol. The van der Waals surface area contributed by atoms with Crippen LogP contribution in [0.1, 0.15) is 22.8 Å². The Balaban J connectivity index is 1.94. The molecule has 0 spiro atoms. The number of nitrogens with zero attached hydrogens (tertiary/aromatic N) is 3. The molecule has 1 aromatic heterocycles. The number of imidazole rings is 1. The number of fused-ring (bicyclic) bond motifs is 1. The second-order valence-corrected chi connectivity index (χ2v) is 15.0. The fourth-order valence-electron chi connectivity index (χ4n) is 3.68. The summed E-state index contributed by atoms with van der Waals surface area (Å²) in [5, 5.41) is 0. The summed E-state index contributed by atoms with van der Waals surface area (Å²) in [4.78, 5) is 19.7. The fraction of sp³-hybridized carbons (Fsp3) is 0.440. The molecule has 7 nitrogen and oxygen atoms in total. The Morgan fingerprint density at radius 3 is 2.59 bits per heavy atom. The molecule has 1 heterocycles. The van der Waals surface area contributed by atoms with Crippen molar-refractivity contribution in [2.24, 2.45) is 0 Å². The average molecular weight is 488 g/mol. The van der Waals surface area contributed by atoms with E-state index in [1.807, 2.05) is 17.6 Å². The lowest BCUT2D eigenvalue weighted by Crippen LogP contribution is -2.30. The van der Waals surface area contributed by atoms with E-state index in [9.17, 15) is 9.18 Å². The van der Waals surface area contributed by atoms with Crippen LogP contribution in [0.25, 0.3) is 11.0 Å². The summed E-state index contributed by atoms with van der Waals surface area (Å²) >= 11 is 0. The van der Waals surface area contributed by atoms with Gasteiger partial charge in [-0.15, -0.1) is 0 Å². The maximum Gasteiger partial charge on any atom is 0.258 e. The van der Waals surface area contributed by atoms with Crippen LogP contribution in [0.5, 0.6) is 5.75 Å². The maximum atomic E-state index is 13.9. The molecule has 3 rings (SSSR count). The highest BCUT2D eigenvalue weighted by Crippen LogP contribution is 2.27. The number of carbonyl (C=O) groups excluding carboxylic acids is 1. The van der Waals surface area contributed by atoms with Gasteiger partial charge in [0.15, 0.2) is 11.6 Å². The van der Waals surface area contributed by atoms with Gasteiger partial charge in [-0.1, -0.05) is 19.6 Å². The van der Waals surface area contributed by atoms with Gasteiger partial charge in [-0.2, -0.15) is 0 Å². The molecule has 0 aliphatic carbocycles. The normalized spacial score (nSPS) is 11.7. The van der Waals surface area contributed by atoms with Crippen LogP contribution in [0, 0.1) is 5.82 Å². The topological polar surface area (TPSA) is 65.8 Å². The Morgan fingerprint density at radius 1 is 1.18 bits per heavy atom. The van der Waals surface area contributed by atoms with Crippen molar-refractivity contribution in [2.45, 2.75) is 45.9 Å². The lowest BCUT2D eigenvalue weighted by molar-refractivity contribution is 0.0897. The van der Waals surface area contributed by atoms with Gasteiger partial charge in [0.1, 0.15) is 6.73 Å². The van der Waals surface area contributed by atoms with E-state index in [0.717, 1.165) is 22.6 Å². The molecule has 9 heteroatoms. The van der Waals surface area contributed by atoms with Crippen LogP contribution in [0.3, 0.4) is 0 Å². The zero-order chi connectivity index (χ0) is 24.9. The molecule has 184 valence electrons. The van der Waals surface area contributed by atoms with Crippen LogP contribution < -0.4 is 9.64 Å². The lowest BCUT2D eigenvalue weighted by atomic mass is 10.1. The van der Waals surface area contributed by atoms with Crippen LogP contribution in [-0.4, -0.2) is 50.9 Å². The first-order chi connectivity index (χ1) is 16.2. The molecular formula is C25H34FN3O4Si. The van der Waals surface area contributed by atoms with E-state index < -0.39 is 13.9 Å². The molecule has 0 atom stereocenters. The summed E-state index contributed by atoms with van der Waals surface area (Å²) < 4.78 is 32.2. The third kappa shape index (κ3) is 6.02. The summed E-state index contributed by atoms with van der Waals surface area (Å²) in [5.74, 6) is -0.591. The van der Waals surface area contributed by atoms with Gasteiger partial charge < -0.3 is 23.7 Å². The molecule has 0 radical (unpaired) electrons. The molecule has 0 aliphatic heterocycles. The van der Waals surface area contributed by atoms with Gasteiger partial charge in [-0.3, -0.25) is 4.79 Å². The Hall–Kier alpha value is -2.75. The van der Waals surface area contributed by atoms with Crippen molar-refractivity contribution in [2.75, 3.05) is 32.3 Å². The highest BCUT2D eigenvalue weighted by atomic mass is 28.3. The SMILES string of the molecule is CCN(C(=O)c1cc(COC)c2ncn(COCC[Si](C)(C)C)c2c1)c1ccc(F)c(OC)c1. The first-order valence-corrected chi connectivity index (χ1v) is 15.1. The van der Waals surface area contributed by atoms with Gasteiger partial charge in [-0.25, -0.2) is 9.37 Å². The summed E-state index contributed by atoms with van der Waals surface area (Å²) in [6.45, 7) is 10.6. The van der Waals surface area contributed by atoms with Gasteiger partial charge in [0.25, 0.3) is 5.91 Å². The average Bonchev–Trinajstić information content (AvgIpc) is 3.21. The number of methoxy groups -OCH3 is 2. The minimum Gasteiger partial charge on any atom is -0.494 e. The number of amides is 1. The predicted molar refractivity (Wildman–Crippen MR) is 135 cm³/mol. The van der Waals surface area contributed by atoms with Crippen molar-refractivity contribution in [3.05, 3.63) is 53.6 Å². The Bertz CT molecular complexity index is 1140. The number of ether oxygens (including phenoxy) is 3. The van der Waals surface area contributed by atoms with Crippen LogP contribution in [0.15, 0.2) is 36.7 Å². The van der Waals surface area contributed by atoms with Gasteiger partial charge in [-0.05, 0) is 37.2 Å². The third-order valence-corrected chi connectivity index (χ3v) is 7.29. The summed E-state index contributed by atoms with van der Waals surface area (Å²) in [6, 6.07) is 9.11. The van der Waals surface area contributed by atoms with Crippen molar-refractivity contribution in [1.29, 1.82) is 0 Å². The van der Waals surface area contributed by atoms with Crippen molar-refractivity contribution >= 4 is 30.7 Å². The number of benzene rings is 2. The zero-order valence-corrected chi connectivity index (χ0v) is 21.9. The van der Waals surface area contributed by atoms with Crippen molar-refractivity contribution in [3.8, 4) is 5.75 Å². The van der Waals surface area contributed by atoms with Gasteiger partial charge in [0, 0.05) is 51.2 Å². The van der Waals surface area contributed by atoms with E-state index in [4.69, 9.17) is 14.2 Å². The largest absolute Gasteiger partial charge is 0.494 e. The first-order valence-electron chi connectivity index (χ1n) is 11.4. The zero-order valence-electron chi connectivity index (χ0n) is 20.9. The molecule has 0 saturated heterocycles. The van der Waals surface area contributed by atoms with E-state index in [2.05, 4.69) is 24.6 Å². The second-order valence-electron chi connectivity index (χ2n) is 9.37. The van der Waals surface area contributed by atoms with Gasteiger partial charge in [0.05, 0.1) is 31.1 Å². The summed E-state index contributed by atoms with van der Waals surface area (Å²) in [6.07, 6.45) is 1.73. The number of hydrogen-bond acceptors (Lipinski definition) is 5. The van der Waals surface area contributed by atoms with E-state index in [-0.39, 0.29) is 11.7 Å². The smallest absolute Gasteiger partial charge is 0.258 e. The molecule has 0 saturated carbocycles. The fourth-order valence-corrected chi connectivity index (χ4v) is 4.44. The number of carbonyl (C=O) groups is 1. The molecule has 0 fully saturated rings. The van der Waals surface area contributed by atoms with E-state index in [0.29, 0.717) is 37.7 Å². The Kier molecular flexibility index (Phi) is 8.45. The number of hydrogen-bond donors (Lipinski definition) is 0. The quantitative estimate of drug-likeness (QED) is 0.271. The molecule has 3 aromatic rings. The molecule has 0 N–H and O–H groups in total. The van der Waals surface area contributed by atoms with E-state index in [1.165, 1.54) is 19.2 Å². The molecule has 0 aliphatic rings. The molecule has 2 aromatic carbocycles. The van der Waals surface area contributed by atoms with Crippen molar-refractivity contribution in [1.82, 2.24) is 9.55 Å². The highest BCUT2D eigenvalue weighted by Gasteiger charge is 2.21. The maximum absolute atomic E-state index is 13.9. The van der Waals surface area contributed by atoms with Gasteiger partial charge >= 0.3 is 0 Å². The van der Waals surface area contributed by atoms with Crippen LogP contribution in [-0.2, 0) is 22.8 Å². The lowest BCUT2D eigenvalue weighted by Gasteiger charge is -2.22. The Labute approximate surface area is 201 Å². The molecule has 0 bridgehead atoms. The summed E-state index contributed by atoms with van der Waals surface area (Å²) in [5.41, 5.74) is 3.45. The number of aromatic nitrogens is 2. The molecule has 0 unspecified atom stereocenters. The van der Waals surface area contributed by atoms with E-state index >= 15 is 0 Å². The second kappa shape index (κ2) is 11.1. The molecule has 34 heavy (non-hydrogen) atoms. The predicted octanol–water partition coefficient (Wildman–Crippen LogP) is 5.31. The van der Waals surface area contributed by atoms with Crippen LogP contribution in [0.4, 0.5) is 10.1 Å². The summed E-state index contributed by atoms with van der Waals surface area (Å²) in [7, 11) is 1.83. The van der Waals surface area contributed by atoms with E-state index in [1.54, 1.807) is 30.5 Å². The van der Waals surface area contributed by atoms with Gasteiger partial charge in [0.2, 0.25) is 0 Å². The monoisotopic (exact) mass is 487 g/mol. The minimum absolute atomic E-state index is 0.0906. The Morgan fingerprint density at radius 2 is 1.94 bits per heavy atom. The van der Waals surface area contributed by atoms with Crippen molar-refractivity contribution in [3.63, 3.8) is 0 Å².